The Labute approximate surface area is 164 Å². The van der Waals surface area contributed by atoms with Gasteiger partial charge in [0.15, 0.2) is 0 Å². The summed E-state index contributed by atoms with van der Waals surface area (Å²) in [6.45, 7) is 0. The van der Waals surface area contributed by atoms with E-state index in [1.807, 2.05) is 0 Å². The highest BCUT2D eigenvalue weighted by Crippen LogP contribution is 2.31. The van der Waals surface area contributed by atoms with E-state index < -0.39 is 18.0 Å². The van der Waals surface area contributed by atoms with Crippen LogP contribution in [0.15, 0.2) is 72.6 Å². The summed E-state index contributed by atoms with van der Waals surface area (Å²) in [6.07, 6.45) is -0.520. The van der Waals surface area contributed by atoms with Crippen molar-refractivity contribution in [1.29, 1.82) is 0 Å². The van der Waals surface area contributed by atoms with Crippen LogP contribution in [0.5, 0.6) is 17.2 Å². The van der Waals surface area contributed by atoms with Crippen molar-refractivity contribution in [2.24, 2.45) is 0 Å². The van der Waals surface area contributed by atoms with Gasteiger partial charge in [-0.25, -0.2) is 0 Å². The number of halogens is 3. The van der Waals surface area contributed by atoms with Crippen molar-refractivity contribution in [3.8, 4) is 17.2 Å². The van der Waals surface area contributed by atoms with E-state index in [2.05, 4.69) is 15.4 Å². The van der Waals surface area contributed by atoms with Gasteiger partial charge in [-0.3, -0.25) is 9.59 Å². The van der Waals surface area contributed by atoms with Crippen LogP contribution in [0.1, 0.15) is 10.4 Å². The van der Waals surface area contributed by atoms with E-state index >= 15 is 0 Å². The fraction of sp³-hybridized carbons (Fsp3) is 0.100. The van der Waals surface area contributed by atoms with Crippen LogP contribution >= 0.6 is 0 Å². The Morgan fingerprint density at radius 3 is 2.41 bits per heavy atom. The van der Waals surface area contributed by atoms with Crippen molar-refractivity contribution in [3.05, 3.63) is 78.1 Å². The Morgan fingerprint density at radius 2 is 1.79 bits per heavy atom. The number of hydrogen-bond acceptors (Lipinski definition) is 5. The fourth-order valence-electron chi connectivity index (χ4n) is 2.17. The van der Waals surface area contributed by atoms with Crippen LogP contribution in [0, 0.1) is 0 Å². The van der Waals surface area contributed by atoms with Gasteiger partial charge in [-0.05, 0) is 42.6 Å². The molecule has 0 aromatic heterocycles. The van der Waals surface area contributed by atoms with Gasteiger partial charge in [-0.1, -0.05) is 18.2 Å². The number of hydrogen-bond donors (Lipinski definition) is 2. The molecule has 0 unspecified atom stereocenters. The largest absolute Gasteiger partial charge is 0.573 e. The first-order valence-electron chi connectivity index (χ1n) is 8.25. The second-order valence-corrected chi connectivity index (χ2v) is 5.46. The Hall–Kier alpha value is -3.75. The quantitative estimate of drug-likeness (QED) is 0.395. The number of alkyl halides is 3. The normalized spacial score (nSPS) is 11.8. The van der Waals surface area contributed by atoms with Crippen LogP contribution in [-0.2, 0) is 4.79 Å². The lowest BCUT2D eigenvalue weighted by Crippen LogP contribution is -2.23. The summed E-state index contributed by atoms with van der Waals surface area (Å²) >= 11 is 0. The van der Waals surface area contributed by atoms with Crippen LogP contribution in [0.25, 0.3) is 0 Å². The van der Waals surface area contributed by atoms with Crippen LogP contribution in [0.4, 0.5) is 13.2 Å². The van der Waals surface area contributed by atoms with E-state index in [1.165, 1.54) is 18.3 Å². The molecule has 29 heavy (non-hydrogen) atoms. The molecule has 0 aliphatic heterocycles. The van der Waals surface area contributed by atoms with Crippen LogP contribution < -0.4 is 20.1 Å². The third-order valence-corrected chi connectivity index (χ3v) is 3.34. The maximum atomic E-state index is 12.7. The third-order valence-electron chi connectivity index (χ3n) is 3.34. The molecule has 0 spiro atoms. The van der Waals surface area contributed by atoms with E-state index in [0.29, 0.717) is 12.0 Å². The molecule has 0 heterocycles. The van der Waals surface area contributed by atoms with Gasteiger partial charge in [0, 0.05) is 18.8 Å². The highest BCUT2D eigenvalue weighted by molar-refractivity contribution is 5.99. The number of carbonyl (C=O) groups is 2. The number of benzene rings is 2. The van der Waals surface area contributed by atoms with Gasteiger partial charge in [0.05, 0.1) is 5.56 Å². The summed E-state index contributed by atoms with van der Waals surface area (Å²) in [7, 11) is 1.61. The van der Waals surface area contributed by atoms with Crippen LogP contribution in [0.3, 0.4) is 0 Å². The molecule has 2 rings (SSSR count). The first kappa shape index (κ1) is 21.5. The van der Waals surface area contributed by atoms with E-state index in [0.717, 1.165) is 18.2 Å². The summed E-state index contributed by atoms with van der Waals surface area (Å²) in [5, 5.41) is 5.12. The Balaban J connectivity index is 2.39. The van der Waals surface area contributed by atoms with Crippen molar-refractivity contribution in [2.75, 3.05) is 7.05 Å². The third kappa shape index (κ3) is 7.06. The minimum atomic E-state index is -4.92. The van der Waals surface area contributed by atoms with Crippen molar-refractivity contribution in [3.63, 3.8) is 0 Å². The molecule has 0 bridgehead atoms. The molecule has 0 saturated carbocycles. The van der Waals surface area contributed by atoms with Gasteiger partial charge in [-0.15, -0.1) is 13.2 Å². The highest BCUT2D eigenvalue weighted by Gasteiger charge is 2.31. The summed E-state index contributed by atoms with van der Waals surface area (Å²) < 4.78 is 47.2. The second kappa shape index (κ2) is 9.98. The van der Waals surface area contributed by atoms with Gasteiger partial charge in [-0.2, -0.15) is 0 Å². The van der Waals surface area contributed by atoms with Gasteiger partial charge in [0.2, 0.25) is 0 Å². The number of aldehydes is 1. The van der Waals surface area contributed by atoms with Gasteiger partial charge in [0.1, 0.15) is 23.5 Å². The molecule has 1 amide bonds. The average Bonchev–Trinajstić information content (AvgIpc) is 2.67. The van der Waals surface area contributed by atoms with E-state index in [-0.39, 0.29) is 17.0 Å². The number of rotatable bonds is 8. The minimum Gasteiger partial charge on any atom is -0.457 e. The molecule has 0 aliphatic rings. The number of allylic oxidation sites excluding steroid dienone is 2. The molecular weight excluding hydrogens is 389 g/mol. The van der Waals surface area contributed by atoms with Crippen molar-refractivity contribution in [1.82, 2.24) is 10.6 Å². The van der Waals surface area contributed by atoms with E-state index in [1.54, 1.807) is 37.4 Å². The summed E-state index contributed by atoms with van der Waals surface area (Å²) in [5.74, 6) is -0.997. The second-order valence-electron chi connectivity index (χ2n) is 5.46. The lowest BCUT2D eigenvalue weighted by molar-refractivity contribution is -0.274. The lowest BCUT2D eigenvalue weighted by Gasteiger charge is -2.15. The molecule has 2 aromatic rings. The molecule has 0 atom stereocenters. The maximum absolute atomic E-state index is 12.7. The molecule has 0 radical (unpaired) electrons. The summed E-state index contributed by atoms with van der Waals surface area (Å²) in [6, 6.07) is 11.5. The molecule has 2 N–H and O–H groups in total. The zero-order chi connectivity index (χ0) is 21.3. The first-order valence-corrected chi connectivity index (χ1v) is 8.25. The molecule has 9 heteroatoms. The van der Waals surface area contributed by atoms with Crippen molar-refractivity contribution >= 4 is 12.2 Å². The predicted molar refractivity (Wildman–Crippen MR) is 99.5 cm³/mol. The summed E-state index contributed by atoms with van der Waals surface area (Å²) in [4.78, 5) is 23.4. The standard InChI is InChI=1S/C20H17F3N2O4/c1-24-11-9-14(10-12-26)25-19(27)17-13-16(29-20(21,22)23)7-8-18(17)28-15-5-3-2-4-6-15/h2-13,24H,1H3,(H,25,27)/b11-9-,14-10+. The fourth-order valence-corrected chi connectivity index (χ4v) is 2.17. The number of para-hydroxylation sites is 1. The molecule has 6 nitrogen and oxygen atoms in total. The number of nitrogens with one attached hydrogen (secondary N) is 2. The number of ether oxygens (including phenoxy) is 2. The van der Waals surface area contributed by atoms with Crippen LogP contribution in [-0.4, -0.2) is 25.6 Å². The zero-order valence-electron chi connectivity index (χ0n) is 15.2. The zero-order valence-corrected chi connectivity index (χ0v) is 15.2. The number of amides is 1. The number of carbonyl (C=O) groups excluding carboxylic acids is 2. The Bertz CT molecular complexity index is 910. The molecule has 0 aliphatic carbocycles. The topological polar surface area (TPSA) is 76.7 Å². The highest BCUT2D eigenvalue weighted by atomic mass is 19.4. The molecule has 0 fully saturated rings. The first-order chi connectivity index (χ1) is 13.8. The lowest BCUT2D eigenvalue weighted by atomic mass is 10.1. The molecular formula is C20H17F3N2O4. The van der Waals surface area contributed by atoms with Crippen LogP contribution in [0.2, 0.25) is 0 Å². The maximum Gasteiger partial charge on any atom is 0.573 e. The van der Waals surface area contributed by atoms with E-state index in [9.17, 15) is 22.8 Å². The van der Waals surface area contributed by atoms with Gasteiger partial charge < -0.3 is 20.1 Å². The molecule has 152 valence electrons. The Morgan fingerprint density at radius 1 is 1.07 bits per heavy atom. The SMILES string of the molecule is CN/C=C\C(=C/C=O)NC(=O)c1cc(OC(F)(F)F)ccc1Oc1ccccc1. The molecule has 2 aromatic carbocycles. The average molecular weight is 406 g/mol. The monoisotopic (exact) mass is 406 g/mol. The Kier molecular flexibility index (Phi) is 7.41. The van der Waals surface area contributed by atoms with Crippen molar-refractivity contribution in [2.45, 2.75) is 6.36 Å². The predicted octanol–water partition coefficient (Wildman–Crippen LogP) is 3.92. The van der Waals surface area contributed by atoms with Gasteiger partial charge >= 0.3 is 6.36 Å². The minimum absolute atomic E-state index is 0.00581. The van der Waals surface area contributed by atoms with Gasteiger partial charge in [0.25, 0.3) is 5.91 Å². The van der Waals surface area contributed by atoms with Crippen molar-refractivity contribution < 1.29 is 32.2 Å². The summed E-state index contributed by atoms with van der Waals surface area (Å²) in [5.41, 5.74) is -0.0996. The smallest absolute Gasteiger partial charge is 0.457 e. The van der Waals surface area contributed by atoms with E-state index in [4.69, 9.17) is 4.74 Å². The molecule has 0 saturated heterocycles.